The maximum Gasteiger partial charge on any atom is 0.321 e. The van der Waals surface area contributed by atoms with Crippen molar-refractivity contribution in [2.24, 2.45) is 5.73 Å². The first kappa shape index (κ1) is 11.0. The molecule has 0 spiro atoms. The van der Waals surface area contributed by atoms with Gasteiger partial charge in [0.1, 0.15) is 6.04 Å². The average molecular weight is 170 g/mol. The van der Waals surface area contributed by atoms with Gasteiger partial charge in [0.05, 0.1) is 6.04 Å². The number of terminal acetylenes is 1. The van der Waals surface area contributed by atoms with Crippen molar-refractivity contribution < 1.29 is 9.90 Å². The Morgan fingerprint density at radius 2 is 2.42 bits per heavy atom. The monoisotopic (exact) mass is 170 g/mol. The van der Waals surface area contributed by atoms with Crippen LogP contribution in [-0.2, 0) is 4.79 Å². The van der Waals surface area contributed by atoms with E-state index in [1.807, 2.05) is 6.92 Å². The lowest BCUT2D eigenvalue weighted by Gasteiger charge is -2.12. The quantitative estimate of drug-likeness (QED) is 0.482. The average Bonchev–Trinajstić information content (AvgIpc) is 2.05. The molecule has 0 aliphatic carbocycles. The smallest absolute Gasteiger partial charge is 0.321 e. The number of rotatable bonds is 5. The van der Waals surface area contributed by atoms with E-state index < -0.39 is 12.0 Å². The summed E-state index contributed by atoms with van der Waals surface area (Å²) in [6, 6.07) is -0.970. The SMILES string of the molecule is C#CC(CC)NCC(N)C(=O)O. The molecule has 0 rings (SSSR count). The number of carboxylic acids is 1. The number of hydrogen-bond acceptors (Lipinski definition) is 3. The van der Waals surface area contributed by atoms with Crippen LogP contribution in [0.5, 0.6) is 0 Å². The van der Waals surface area contributed by atoms with Crippen molar-refractivity contribution in [2.75, 3.05) is 6.54 Å². The summed E-state index contributed by atoms with van der Waals surface area (Å²) in [5, 5.41) is 11.3. The van der Waals surface area contributed by atoms with Crippen LogP contribution >= 0.6 is 0 Å². The molecule has 0 saturated carbocycles. The van der Waals surface area contributed by atoms with E-state index in [2.05, 4.69) is 11.2 Å². The minimum absolute atomic E-state index is 0.0876. The topological polar surface area (TPSA) is 75.3 Å². The standard InChI is InChI=1S/C8H14N2O2/c1-3-6(4-2)10-5-7(9)8(11)12/h1,6-7,10H,4-5,9H2,2H3,(H,11,12). The maximum absolute atomic E-state index is 10.3. The third kappa shape index (κ3) is 3.96. The van der Waals surface area contributed by atoms with Gasteiger partial charge in [0, 0.05) is 6.54 Å². The lowest BCUT2D eigenvalue weighted by atomic mass is 10.2. The number of aliphatic carboxylic acids is 1. The second-order valence-electron chi connectivity index (χ2n) is 2.48. The van der Waals surface area contributed by atoms with Crippen LogP contribution in [0, 0.1) is 12.3 Å². The second-order valence-corrected chi connectivity index (χ2v) is 2.48. The molecule has 0 radical (unpaired) electrons. The first-order valence-corrected chi connectivity index (χ1v) is 3.79. The van der Waals surface area contributed by atoms with Gasteiger partial charge in [-0.25, -0.2) is 0 Å². The van der Waals surface area contributed by atoms with E-state index in [4.69, 9.17) is 17.3 Å². The first-order chi connectivity index (χ1) is 5.61. The summed E-state index contributed by atoms with van der Waals surface area (Å²) in [5.74, 6) is 1.47. The Morgan fingerprint density at radius 1 is 1.83 bits per heavy atom. The van der Waals surface area contributed by atoms with E-state index in [-0.39, 0.29) is 12.6 Å². The van der Waals surface area contributed by atoms with Crippen molar-refractivity contribution in [3.05, 3.63) is 0 Å². The summed E-state index contributed by atoms with van der Waals surface area (Å²) in [7, 11) is 0. The van der Waals surface area contributed by atoms with Crippen molar-refractivity contribution in [1.29, 1.82) is 0 Å². The van der Waals surface area contributed by atoms with Gasteiger partial charge in [0.25, 0.3) is 0 Å². The Kier molecular flexibility index (Phi) is 5.09. The third-order valence-corrected chi connectivity index (χ3v) is 1.51. The van der Waals surface area contributed by atoms with Crippen LogP contribution in [0.25, 0.3) is 0 Å². The number of carboxylic acid groups (broad SMARTS) is 1. The minimum Gasteiger partial charge on any atom is -0.480 e. The summed E-state index contributed by atoms with van der Waals surface area (Å²) in [4.78, 5) is 10.3. The second kappa shape index (κ2) is 5.58. The third-order valence-electron chi connectivity index (χ3n) is 1.51. The molecule has 0 aliphatic heterocycles. The fourth-order valence-electron chi connectivity index (χ4n) is 0.678. The molecule has 0 aromatic carbocycles. The van der Waals surface area contributed by atoms with Crippen LogP contribution < -0.4 is 11.1 Å². The van der Waals surface area contributed by atoms with Crippen molar-refractivity contribution in [3.63, 3.8) is 0 Å². The Labute approximate surface area is 72.1 Å². The molecule has 0 fully saturated rings. The molecule has 2 unspecified atom stereocenters. The van der Waals surface area contributed by atoms with E-state index in [9.17, 15) is 4.79 Å². The zero-order valence-electron chi connectivity index (χ0n) is 7.08. The first-order valence-electron chi connectivity index (χ1n) is 3.79. The molecule has 0 aromatic heterocycles. The van der Waals surface area contributed by atoms with Crippen molar-refractivity contribution in [2.45, 2.75) is 25.4 Å². The van der Waals surface area contributed by atoms with Crippen LogP contribution in [0.1, 0.15) is 13.3 Å². The normalized spacial score (nSPS) is 14.8. The largest absolute Gasteiger partial charge is 0.480 e. The maximum atomic E-state index is 10.3. The van der Waals surface area contributed by atoms with Gasteiger partial charge in [-0.2, -0.15) is 0 Å². The molecule has 0 aromatic rings. The van der Waals surface area contributed by atoms with Crippen LogP contribution in [-0.4, -0.2) is 29.7 Å². The number of nitrogens with one attached hydrogen (secondary N) is 1. The zero-order chi connectivity index (χ0) is 9.56. The van der Waals surface area contributed by atoms with Gasteiger partial charge < -0.3 is 16.2 Å². The fourth-order valence-corrected chi connectivity index (χ4v) is 0.678. The lowest BCUT2D eigenvalue weighted by molar-refractivity contribution is -0.138. The van der Waals surface area contributed by atoms with Gasteiger partial charge in [-0.1, -0.05) is 12.8 Å². The van der Waals surface area contributed by atoms with Crippen LogP contribution in [0.3, 0.4) is 0 Å². The predicted octanol–water partition coefficient (Wildman–Crippen LogP) is -0.600. The number of nitrogens with two attached hydrogens (primary N) is 1. The zero-order valence-corrected chi connectivity index (χ0v) is 7.08. The molecule has 0 heterocycles. The highest BCUT2D eigenvalue weighted by Gasteiger charge is 2.11. The molecule has 4 heteroatoms. The molecule has 0 amide bonds. The Bertz CT molecular complexity index is 186. The molecule has 68 valence electrons. The highest BCUT2D eigenvalue weighted by Crippen LogP contribution is 1.87. The van der Waals surface area contributed by atoms with Crippen LogP contribution in [0.2, 0.25) is 0 Å². The van der Waals surface area contributed by atoms with Crippen molar-refractivity contribution in [3.8, 4) is 12.3 Å². The van der Waals surface area contributed by atoms with E-state index in [1.54, 1.807) is 0 Å². The van der Waals surface area contributed by atoms with Gasteiger partial charge in [0.15, 0.2) is 0 Å². The number of carbonyl (C=O) groups is 1. The Morgan fingerprint density at radius 3 is 2.75 bits per heavy atom. The van der Waals surface area contributed by atoms with E-state index in [0.29, 0.717) is 0 Å². The summed E-state index contributed by atoms with van der Waals surface area (Å²) in [6.45, 7) is 2.13. The molecular formula is C8H14N2O2. The highest BCUT2D eigenvalue weighted by atomic mass is 16.4. The molecule has 4 nitrogen and oxygen atoms in total. The summed E-state index contributed by atoms with van der Waals surface area (Å²) >= 11 is 0. The molecular weight excluding hydrogens is 156 g/mol. The van der Waals surface area contributed by atoms with Gasteiger partial charge in [0.2, 0.25) is 0 Å². The number of hydrogen-bond donors (Lipinski definition) is 3. The molecule has 2 atom stereocenters. The molecule has 0 saturated heterocycles. The van der Waals surface area contributed by atoms with E-state index in [1.165, 1.54) is 0 Å². The molecule has 0 bridgehead atoms. The van der Waals surface area contributed by atoms with Crippen LogP contribution in [0.15, 0.2) is 0 Å². The predicted molar refractivity (Wildman–Crippen MR) is 46.5 cm³/mol. The summed E-state index contributed by atoms with van der Waals surface area (Å²) in [5.41, 5.74) is 5.24. The van der Waals surface area contributed by atoms with Gasteiger partial charge in [-0.05, 0) is 6.42 Å². The Balaban J connectivity index is 3.68. The summed E-state index contributed by atoms with van der Waals surface area (Å²) in [6.07, 6.45) is 5.91. The molecule has 4 N–H and O–H groups in total. The van der Waals surface area contributed by atoms with Crippen molar-refractivity contribution in [1.82, 2.24) is 5.32 Å². The highest BCUT2D eigenvalue weighted by molar-refractivity contribution is 5.73. The Hall–Kier alpha value is -1.05. The van der Waals surface area contributed by atoms with E-state index in [0.717, 1.165) is 6.42 Å². The van der Waals surface area contributed by atoms with Gasteiger partial charge in [-0.3, -0.25) is 4.79 Å². The fraction of sp³-hybridized carbons (Fsp3) is 0.625. The van der Waals surface area contributed by atoms with Crippen LogP contribution in [0.4, 0.5) is 0 Å². The lowest BCUT2D eigenvalue weighted by Crippen LogP contribution is -2.43. The van der Waals surface area contributed by atoms with Crippen molar-refractivity contribution >= 4 is 5.97 Å². The van der Waals surface area contributed by atoms with Gasteiger partial charge >= 0.3 is 5.97 Å². The molecule has 12 heavy (non-hydrogen) atoms. The van der Waals surface area contributed by atoms with Gasteiger partial charge in [-0.15, -0.1) is 6.42 Å². The summed E-state index contributed by atoms with van der Waals surface area (Å²) < 4.78 is 0. The molecule has 0 aliphatic rings. The minimum atomic E-state index is -1.02. The van der Waals surface area contributed by atoms with E-state index >= 15 is 0 Å².